The quantitative estimate of drug-likeness (QED) is 0.799. The second-order valence-electron chi connectivity index (χ2n) is 3.91. The van der Waals surface area contributed by atoms with Gasteiger partial charge in [0, 0.05) is 10.6 Å². The molecule has 0 bridgehead atoms. The summed E-state index contributed by atoms with van der Waals surface area (Å²) in [5.74, 6) is 1.11. The summed E-state index contributed by atoms with van der Waals surface area (Å²) in [6.07, 6.45) is 0. The van der Waals surface area contributed by atoms with Gasteiger partial charge in [-0.2, -0.15) is 4.98 Å². The fourth-order valence-electron chi connectivity index (χ4n) is 1.44. The first-order chi connectivity index (χ1) is 8.56. The van der Waals surface area contributed by atoms with E-state index in [2.05, 4.69) is 9.97 Å². The molecular formula is C13H12Cl2N2O. The third-order valence-corrected chi connectivity index (χ3v) is 3.06. The van der Waals surface area contributed by atoms with Crippen molar-refractivity contribution in [1.29, 1.82) is 0 Å². The summed E-state index contributed by atoms with van der Waals surface area (Å²) in [5.41, 5.74) is 1.77. The van der Waals surface area contributed by atoms with Crippen LogP contribution in [0.4, 0.5) is 0 Å². The molecule has 0 aliphatic carbocycles. The van der Waals surface area contributed by atoms with Crippen LogP contribution in [-0.4, -0.2) is 9.97 Å². The van der Waals surface area contributed by atoms with Crippen molar-refractivity contribution >= 4 is 23.2 Å². The molecule has 0 unspecified atom stereocenters. The molecule has 1 aromatic carbocycles. The van der Waals surface area contributed by atoms with Crippen LogP contribution in [0, 0.1) is 13.8 Å². The number of rotatable bonds is 3. The molecule has 0 aliphatic heterocycles. The van der Waals surface area contributed by atoms with Gasteiger partial charge >= 0.3 is 0 Å². The van der Waals surface area contributed by atoms with Gasteiger partial charge in [0.1, 0.15) is 17.6 Å². The summed E-state index contributed by atoms with van der Waals surface area (Å²) in [6, 6.07) is 7.47. The van der Waals surface area contributed by atoms with Crippen LogP contribution >= 0.6 is 23.2 Å². The Morgan fingerprint density at radius 3 is 2.39 bits per heavy atom. The van der Waals surface area contributed by atoms with E-state index in [0.29, 0.717) is 28.5 Å². The van der Waals surface area contributed by atoms with Crippen molar-refractivity contribution in [2.45, 2.75) is 20.5 Å². The minimum absolute atomic E-state index is 0.421. The highest BCUT2D eigenvalue weighted by Crippen LogP contribution is 2.22. The molecule has 1 heterocycles. The zero-order valence-electron chi connectivity index (χ0n) is 10.1. The SMILES string of the molecule is Cc1nc(Cl)c(C)c(OCc2ccc(Cl)cc2)n1. The number of ether oxygens (including phenoxy) is 1. The summed E-state index contributed by atoms with van der Waals surface area (Å²) in [4.78, 5) is 8.28. The van der Waals surface area contributed by atoms with Gasteiger partial charge in [0.2, 0.25) is 5.88 Å². The van der Waals surface area contributed by atoms with Crippen LogP contribution in [0.1, 0.15) is 17.0 Å². The Hall–Kier alpha value is -1.32. The molecule has 3 nitrogen and oxygen atoms in total. The van der Waals surface area contributed by atoms with Crippen LogP contribution in [0.2, 0.25) is 10.2 Å². The lowest BCUT2D eigenvalue weighted by molar-refractivity contribution is 0.290. The largest absolute Gasteiger partial charge is 0.472 e. The molecule has 18 heavy (non-hydrogen) atoms. The summed E-state index contributed by atoms with van der Waals surface area (Å²) in [7, 11) is 0. The minimum atomic E-state index is 0.421. The van der Waals surface area contributed by atoms with Crippen LogP contribution in [-0.2, 0) is 6.61 Å². The molecule has 0 amide bonds. The maximum atomic E-state index is 5.97. The van der Waals surface area contributed by atoms with Crippen LogP contribution in [0.25, 0.3) is 0 Å². The summed E-state index contributed by atoms with van der Waals surface area (Å²) in [6.45, 7) is 4.03. The van der Waals surface area contributed by atoms with Crippen LogP contribution in [0.15, 0.2) is 24.3 Å². The molecule has 0 atom stereocenters. The molecule has 0 radical (unpaired) electrons. The van der Waals surface area contributed by atoms with Crippen molar-refractivity contribution in [2.24, 2.45) is 0 Å². The monoisotopic (exact) mass is 282 g/mol. The first-order valence-electron chi connectivity index (χ1n) is 5.44. The van der Waals surface area contributed by atoms with Crippen molar-refractivity contribution in [1.82, 2.24) is 9.97 Å². The highest BCUT2D eigenvalue weighted by molar-refractivity contribution is 6.30. The molecule has 1 aromatic heterocycles. The van der Waals surface area contributed by atoms with Gasteiger partial charge in [-0.3, -0.25) is 0 Å². The maximum Gasteiger partial charge on any atom is 0.221 e. The van der Waals surface area contributed by atoms with E-state index in [4.69, 9.17) is 27.9 Å². The Balaban J connectivity index is 2.13. The Morgan fingerprint density at radius 1 is 1.06 bits per heavy atom. The molecule has 0 saturated carbocycles. The second-order valence-corrected chi connectivity index (χ2v) is 4.70. The Kier molecular flexibility index (Phi) is 4.04. The fourth-order valence-corrected chi connectivity index (χ4v) is 1.77. The Morgan fingerprint density at radius 2 is 1.72 bits per heavy atom. The predicted octanol–water partition coefficient (Wildman–Crippen LogP) is 3.98. The Labute approximate surface area is 116 Å². The zero-order chi connectivity index (χ0) is 13.1. The number of halogens is 2. The van der Waals surface area contributed by atoms with Crippen molar-refractivity contribution in [3.05, 3.63) is 51.4 Å². The van der Waals surface area contributed by atoms with Gasteiger partial charge in [-0.15, -0.1) is 0 Å². The standard InChI is InChI=1S/C13H12Cl2N2O/c1-8-12(15)16-9(2)17-13(8)18-7-10-3-5-11(14)6-4-10/h3-6H,7H2,1-2H3. The molecule has 0 N–H and O–H groups in total. The van der Waals surface area contributed by atoms with E-state index in [-0.39, 0.29) is 0 Å². The first kappa shape index (κ1) is 13.1. The lowest BCUT2D eigenvalue weighted by Gasteiger charge is -2.09. The molecule has 0 saturated heterocycles. The smallest absolute Gasteiger partial charge is 0.221 e. The highest BCUT2D eigenvalue weighted by Gasteiger charge is 2.08. The summed E-state index contributed by atoms with van der Waals surface area (Å²) >= 11 is 11.8. The van der Waals surface area contributed by atoms with E-state index in [1.54, 1.807) is 6.92 Å². The van der Waals surface area contributed by atoms with Gasteiger partial charge in [-0.05, 0) is 31.5 Å². The maximum absolute atomic E-state index is 5.97. The normalized spacial score (nSPS) is 10.4. The van der Waals surface area contributed by atoms with E-state index in [9.17, 15) is 0 Å². The van der Waals surface area contributed by atoms with Gasteiger partial charge in [0.05, 0.1) is 0 Å². The number of nitrogens with zero attached hydrogens (tertiary/aromatic N) is 2. The molecule has 2 aromatic rings. The van der Waals surface area contributed by atoms with Crippen LogP contribution in [0.5, 0.6) is 5.88 Å². The first-order valence-corrected chi connectivity index (χ1v) is 6.20. The second kappa shape index (κ2) is 5.55. The number of hydrogen-bond acceptors (Lipinski definition) is 3. The van der Waals surface area contributed by atoms with Gasteiger partial charge in [0.25, 0.3) is 0 Å². The van der Waals surface area contributed by atoms with E-state index in [0.717, 1.165) is 11.1 Å². The van der Waals surface area contributed by atoms with Crippen molar-refractivity contribution in [3.63, 3.8) is 0 Å². The van der Waals surface area contributed by atoms with Gasteiger partial charge in [-0.25, -0.2) is 4.98 Å². The summed E-state index contributed by atoms with van der Waals surface area (Å²) in [5, 5.41) is 1.13. The highest BCUT2D eigenvalue weighted by atomic mass is 35.5. The molecular weight excluding hydrogens is 271 g/mol. The average molecular weight is 283 g/mol. The van der Waals surface area contributed by atoms with Gasteiger partial charge in [0.15, 0.2) is 0 Å². The molecule has 0 aliphatic rings. The van der Waals surface area contributed by atoms with Gasteiger partial charge < -0.3 is 4.74 Å². The Bertz CT molecular complexity index is 556. The fraction of sp³-hybridized carbons (Fsp3) is 0.231. The van der Waals surface area contributed by atoms with Crippen LogP contribution in [0.3, 0.4) is 0 Å². The zero-order valence-corrected chi connectivity index (χ0v) is 11.6. The summed E-state index contributed by atoms with van der Waals surface area (Å²) < 4.78 is 5.65. The minimum Gasteiger partial charge on any atom is -0.472 e. The molecule has 0 fully saturated rings. The molecule has 94 valence electrons. The van der Waals surface area contributed by atoms with E-state index >= 15 is 0 Å². The topological polar surface area (TPSA) is 35.0 Å². The lowest BCUT2D eigenvalue weighted by atomic mass is 10.2. The third-order valence-electron chi connectivity index (χ3n) is 2.44. The van der Waals surface area contributed by atoms with Crippen LogP contribution < -0.4 is 4.74 Å². The van der Waals surface area contributed by atoms with Crippen molar-refractivity contribution in [3.8, 4) is 5.88 Å². The van der Waals surface area contributed by atoms with Crippen molar-refractivity contribution in [2.75, 3.05) is 0 Å². The lowest BCUT2D eigenvalue weighted by Crippen LogP contribution is -2.02. The van der Waals surface area contributed by atoms with Gasteiger partial charge in [-0.1, -0.05) is 35.3 Å². The van der Waals surface area contributed by atoms with E-state index in [1.165, 1.54) is 0 Å². The molecule has 2 rings (SSSR count). The number of aryl methyl sites for hydroxylation is 1. The van der Waals surface area contributed by atoms with E-state index < -0.39 is 0 Å². The number of aromatic nitrogens is 2. The number of hydrogen-bond donors (Lipinski definition) is 0. The predicted molar refractivity (Wildman–Crippen MR) is 72.3 cm³/mol. The van der Waals surface area contributed by atoms with E-state index in [1.807, 2.05) is 31.2 Å². The average Bonchev–Trinajstić information content (AvgIpc) is 2.34. The third kappa shape index (κ3) is 3.12. The number of benzene rings is 1. The molecule has 0 spiro atoms. The molecule has 5 heteroatoms. The van der Waals surface area contributed by atoms with Crippen molar-refractivity contribution < 1.29 is 4.74 Å².